The molecule has 1 heterocycles. The molecule has 0 atom stereocenters. The second-order valence-corrected chi connectivity index (χ2v) is 4.85. The lowest BCUT2D eigenvalue weighted by atomic mass is 10.2. The zero-order valence-corrected chi connectivity index (χ0v) is 12.2. The van der Waals surface area contributed by atoms with Gasteiger partial charge in [-0.25, -0.2) is 4.98 Å². The predicted octanol–water partition coefficient (Wildman–Crippen LogP) is 3.26. The van der Waals surface area contributed by atoms with Crippen LogP contribution in [0.4, 0.5) is 11.5 Å². The average Bonchev–Trinajstić information content (AvgIpc) is 2.44. The number of benzene rings is 1. The maximum Gasteiger partial charge on any atom is 0.270 e. The number of nitro benzene ring substituents is 1. The van der Waals surface area contributed by atoms with Crippen molar-refractivity contribution in [1.29, 1.82) is 0 Å². The van der Waals surface area contributed by atoms with Gasteiger partial charge in [-0.1, -0.05) is 12.1 Å². The summed E-state index contributed by atoms with van der Waals surface area (Å²) in [6.07, 6.45) is 2.84. The summed E-state index contributed by atoms with van der Waals surface area (Å²) in [5.74, 6) is 0.134. The Hall–Kier alpha value is -3.02. The minimum absolute atomic E-state index is 0.0152. The van der Waals surface area contributed by atoms with E-state index in [1.807, 2.05) is 19.9 Å². The van der Waals surface area contributed by atoms with Gasteiger partial charge in [-0.05, 0) is 43.2 Å². The molecule has 1 aromatic carbocycles. The van der Waals surface area contributed by atoms with Crippen molar-refractivity contribution in [3.05, 3.63) is 69.4 Å². The maximum absolute atomic E-state index is 11.9. The minimum atomic E-state index is -0.475. The highest BCUT2D eigenvalue weighted by molar-refractivity contribution is 6.01. The number of nitrogens with one attached hydrogen (secondary N) is 1. The van der Waals surface area contributed by atoms with Gasteiger partial charge in [0.2, 0.25) is 5.91 Å². The van der Waals surface area contributed by atoms with E-state index in [1.165, 1.54) is 24.3 Å². The Labute approximate surface area is 127 Å². The molecule has 1 N–H and O–H groups in total. The molecule has 0 radical (unpaired) electrons. The van der Waals surface area contributed by atoms with Crippen LogP contribution in [0.5, 0.6) is 0 Å². The highest BCUT2D eigenvalue weighted by atomic mass is 16.6. The second-order valence-electron chi connectivity index (χ2n) is 4.85. The molecule has 1 amide bonds. The van der Waals surface area contributed by atoms with Gasteiger partial charge in [-0.2, -0.15) is 0 Å². The molecule has 2 aromatic rings. The average molecular weight is 297 g/mol. The van der Waals surface area contributed by atoms with Crippen LogP contribution in [-0.4, -0.2) is 15.8 Å². The Balaban J connectivity index is 2.08. The highest BCUT2D eigenvalue weighted by Crippen LogP contribution is 2.14. The van der Waals surface area contributed by atoms with Crippen molar-refractivity contribution in [2.45, 2.75) is 13.8 Å². The Bertz CT molecular complexity index is 734. The smallest absolute Gasteiger partial charge is 0.270 e. The third-order valence-corrected chi connectivity index (χ3v) is 2.86. The molecule has 0 spiro atoms. The van der Waals surface area contributed by atoms with Crippen LogP contribution in [0.15, 0.2) is 42.5 Å². The number of hydrogen-bond donors (Lipinski definition) is 1. The molecule has 0 aliphatic carbocycles. The molecular weight excluding hydrogens is 282 g/mol. The van der Waals surface area contributed by atoms with E-state index >= 15 is 0 Å². The predicted molar refractivity (Wildman–Crippen MR) is 84.5 cm³/mol. The van der Waals surface area contributed by atoms with Crippen molar-refractivity contribution in [3.8, 4) is 0 Å². The van der Waals surface area contributed by atoms with E-state index in [0.717, 1.165) is 11.3 Å². The van der Waals surface area contributed by atoms with E-state index in [0.29, 0.717) is 11.4 Å². The van der Waals surface area contributed by atoms with Gasteiger partial charge in [0, 0.05) is 23.9 Å². The molecule has 0 saturated heterocycles. The number of nitrogens with zero attached hydrogens (tertiary/aromatic N) is 2. The van der Waals surface area contributed by atoms with Gasteiger partial charge in [-0.15, -0.1) is 0 Å². The first-order valence-electron chi connectivity index (χ1n) is 6.63. The summed E-state index contributed by atoms with van der Waals surface area (Å²) in [4.78, 5) is 26.3. The van der Waals surface area contributed by atoms with Crippen molar-refractivity contribution < 1.29 is 9.72 Å². The van der Waals surface area contributed by atoms with E-state index < -0.39 is 4.92 Å². The van der Waals surface area contributed by atoms with Gasteiger partial charge in [0.15, 0.2) is 0 Å². The lowest BCUT2D eigenvalue weighted by Crippen LogP contribution is -2.09. The van der Waals surface area contributed by atoms with Crippen LogP contribution in [-0.2, 0) is 4.79 Å². The Morgan fingerprint density at radius 1 is 1.27 bits per heavy atom. The van der Waals surface area contributed by atoms with E-state index in [9.17, 15) is 14.9 Å². The molecule has 22 heavy (non-hydrogen) atoms. The number of amides is 1. The maximum atomic E-state index is 11.9. The molecule has 1 aromatic heterocycles. The monoisotopic (exact) mass is 297 g/mol. The summed E-state index contributed by atoms with van der Waals surface area (Å²) in [6.45, 7) is 3.77. The van der Waals surface area contributed by atoms with E-state index in [2.05, 4.69) is 10.3 Å². The SMILES string of the molecule is Cc1cc(C)nc(NC(=O)/C=C/c2cccc([N+](=O)[O-])c2)c1. The number of hydrogen-bond acceptors (Lipinski definition) is 4. The molecule has 0 saturated carbocycles. The lowest BCUT2D eigenvalue weighted by molar-refractivity contribution is -0.384. The Morgan fingerprint density at radius 3 is 2.73 bits per heavy atom. The fourth-order valence-corrected chi connectivity index (χ4v) is 1.99. The fraction of sp³-hybridized carbons (Fsp3) is 0.125. The quantitative estimate of drug-likeness (QED) is 0.533. The van der Waals surface area contributed by atoms with Crippen molar-refractivity contribution in [1.82, 2.24) is 4.98 Å². The number of rotatable bonds is 4. The highest BCUT2D eigenvalue weighted by Gasteiger charge is 2.05. The van der Waals surface area contributed by atoms with Gasteiger partial charge in [0.1, 0.15) is 5.82 Å². The van der Waals surface area contributed by atoms with Crippen LogP contribution < -0.4 is 5.32 Å². The summed E-state index contributed by atoms with van der Waals surface area (Å²) in [5.41, 5.74) is 2.39. The first-order chi connectivity index (χ1) is 10.4. The van der Waals surface area contributed by atoms with Gasteiger partial charge in [-0.3, -0.25) is 14.9 Å². The summed E-state index contributed by atoms with van der Waals surface area (Å²) in [6, 6.07) is 9.74. The van der Waals surface area contributed by atoms with Gasteiger partial charge >= 0.3 is 0 Å². The largest absolute Gasteiger partial charge is 0.307 e. The fourth-order valence-electron chi connectivity index (χ4n) is 1.99. The molecule has 6 nitrogen and oxygen atoms in total. The van der Waals surface area contributed by atoms with E-state index in [-0.39, 0.29) is 11.6 Å². The van der Waals surface area contributed by atoms with Gasteiger partial charge in [0.25, 0.3) is 5.69 Å². The molecule has 0 unspecified atom stereocenters. The molecule has 0 fully saturated rings. The van der Waals surface area contributed by atoms with Crippen LogP contribution in [0, 0.1) is 24.0 Å². The van der Waals surface area contributed by atoms with Crippen molar-refractivity contribution in [2.24, 2.45) is 0 Å². The topological polar surface area (TPSA) is 85.1 Å². The zero-order valence-electron chi connectivity index (χ0n) is 12.2. The summed E-state index contributed by atoms with van der Waals surface area (Å²) >= 11 is 0. The summed E-state index contributed by atoms with van der Waals surface area (Å²) in [7, 11) is 0. The minimum Gasteiger partial charge on any atom is -0.307 e. The Morgan fingerprint density at radius 2 is 2.05 bits per heavy atom. The summed E-state index contributed by atoms with van der Waals surface area (Å²) < 4.78 is 0. The number of pyridine rings is 1. The Kier molecular flexibility index (Phi) is 4.63. The molecular formula is C16H15N3O3. The number of aryl methyl sites for hydroxylation is 2. The van der Waals surface area contributed by atoms with Crippen LogP contribution in [0.25, 0.3) is 6.08 Å². The molecule has 0 aliphatic heterocycles. The van der Waals surface area contributed by atoms with Gasteiger partial charge in [0.05, 0.1) is 4.92 Å². The first kappa shape index (κ1) is 15.4. The lowest BCUT2D eigenvalue weighted by Gasteiger charge is -2.04. The molecule has 112 valence electrons. The number of carbonyl (C=O) groups is 1. The molecule has 0 bridgehead atoms. The summed E-state index contributed by atoms with van der Waals surface area (Å²) in [5, 5.41) is 13.4. The number of carbonyl (C=O) groups excluding carboxylic acids is 1. The third kappa shape index (κ3) is 4.24. The standard InChI is InChI=1S/C16H15N3O3/c1-11-8-12(2)17-15(9-11)18-16(20)7-6-13-4-3-5-14(10-13)19(21)22/h3-10H,1-2H3,(H,17,18,20)/b7-6+. The van der Waals surface area contributed by atoms with Crippen LogP contribution >= 0.6 is 0 Å². The number of anilines is 1. The van der Waals surface area contributed by atoms with Crippen LogP contribution in [0.3, 0.4) is 0 Å². The van der Waals surface area contributed by atoms with Crippen molar-refractivity contribution in [2.75, 3.05) is 5.32 Å². The number of aromatic nitrogens is 1. The van der Waals surface area contributed by atoms with Gasteiger partial charge < -0.3 is 5.32 Å². The van der Waals surface area contributed by atoms with Crippen LogP contribution in [0.1, 0.15) is 16.8 Å². The van der Waals surface area contributed by atoms with Crippen molar-refractivity contribution in [3.63, 3.8) is 0 Å². The van der Waals surface area contributed by atoms with E-state index in [1.54, 1.807) is 18.2 Å². The normalized spacial score (nSPS) is 10.6. The van der Waals surface area contributed by atoms with Crippen LogP contribution in [0.2, 0.25) is 0 Å². The number of nitro groups is 1. The van der Waals surface area contributed by atoms with Crippen molar-refractivity contribution >= 4 is 23.5 Å². The first-order valence-corrected chi connectivity index (χ1v) is 6.63. The number of non-ortho nitro benzene ring substituents is 1. The molecule has 2 rings (SSSR count). The zero-order chi connectivity index (χ0) is 16.1. The second kappa shape index (κ2) is 6.62. The molecule has 6 heteroatoms. The van der Waals surface area contributed by atoms with E-state index in [4.69, 9.17) is 0 Å². The third-order valence-electron chi connectivity index (χ3n) is 2.86. The molecule has 0 aliphatic rings.